The zero-order chi connectivity index (χ0) is 21.6. The van der Waals surface area contributed by atoms with Gasteiger partial charge in [-0.05, 0) is 54.4 Å². The van der Waals surface area contributed by atoms with Crippen molar-refractivity contribution >= 4 is 26.7 Å². The first-order valence-corrected chi connectivity index (χ1v) is 11.4. The summed E-state index contributed by atoms with van der Waals surface area (Å²) >= 11 is 0. The number of benzene rings is 3. The second-order valence-electron chi connectivity index (χ2n) is 6.95. The molecule has 1 amide bonds. The molecule has 0 heterocycles. The molecule has 0 aromatic heterocycles. The van der Waals surface area contributed by atoms with E-state index in [1.54, 1.807) is 18.2 Å². The molecule has 7 heteroatoms. The van der Waals surface area contributed by atoms with E-state index in [2.05, 4.69) is 10.0 Å². The molecule has 1 unspecified atom stereocenters. The first kappa shape index (κ1) is 21.8. The van der Waals surface area contributed by atoms with E-state index >= 15 is 0 Å². The molecule has 0 saturated heterocycles. The van der Waals surface area contributed by atoms with Crippen molar-refractivity contribution in [3.05, 3.63) is 72.3 Å². The maximum Gasteiger partial charge on any atom is 0.240 e. The average Bonchev–Trinajstić information content (AvgIpc) is 2.73. The lowest BCUT2D eigenvalue weighted by Gasteiger charge is -2.15. The first-order chi connectivity index (χ1) is 14.4. The fraction of sp³-hybridized carbons (Fsp3) is 0.261. The SMILES string of the molecule is CCOc1cccc(C(C)NC(=O)CCNS(=O)(=O)c2ccc3ccccc3c2)c1. The number of fused-ring (bicyclic) bond motifs is 1. The third-order valence-corrected chi connectivity index (χ3v) is 6.18. The number of carbonyl (C=O) groups is 1. The maximum absolute atomic E-state index is 12.5. The van der Waals surface area contributed by atoms with Gasteiger partial charge in [0.15, 0.2) is 0 Å². The molecule has 6 nitrogen and oxygen atoms in total. The second-order valence-corrected chi connectivity index (χ2v) is 8.72. The number of hydrogen-bond acceptors (Lipinski definition) is 4. The van der Waals surface area contributed by atoms with Crippen LogP contribution in [0.5, 0.6) is 5.75 Å². The summed E-state index contributed by atoms with van der Waals surface area (Å²) in [5.74, 6) is 0.518. The molecular weight excluding hydrogens is 400 g/mol. The van der Waals surface area contributed by atoms with Crippen LogP contribution >= 0.6 is 0 Å². The Morgan fingerprint density at radius 3 is 2.53 bits per heavy atom. The molecule has 0 aliphatic carbocycles. The number of ether oxygens (including phenoxy) is 1. The van der Waals surface area contributed by atoms with Gasteiger partial charge in [0, 0.05) is 13.0 Å². The minimum absolute atomic E-state index is 0.0205. The Kier molecular flexibility index (Phi) is 7.07. The molecule has 3 aromatic rings. The van der Waals surface area contributed by atoms with Crippen LogP contribution in [0.2, 0.25) is 0 Å². The van der Waals surface area contributed by atoms with Crippen LogP contribution in [0, 0.1) is 0 Å². The predicted octanol–water partition coefficient (Wildman–Crippen LogP) is 3.78. The zero-order valence-electron chi connectivity index (χ0n) is 17.1. The number of amides is 1. The van der Waals surface area contributed by atoms with Crippen LogP contribution in [0.4, 0.5) is 0 Å². The van der Waals surface area contributed by atoms with Crippen LogP contribution in [-0.4, -0.2) is 27.5 Å². The van der Waals surface area contributed by atoms with Crippen molar-refractivity contribution < 1.29 is 17.9 Å². The van der Waals surface area contributed by atoms with Crippen molar-refractivity contribution in [3.63, 3.8) is 0 Å². The zero-order valence-corrected chi connectivity index (χ0v) is 17.9. The summed E-state index contributed by atoms with van der Waals surface area (Å²) in [5.41, 5.74) is 0.922. The van der Waals surface area contributed by atoms with Gasteiger partial charge in [-0.15, -0.1) is 0 Å². The summed E-state index contributed by atoms with van der Waals surface area (Å²) in [6.07, 6.45) is 0.0440. The largest absolute Gasteiger partial charge is 0.494 e. The van der Waals surface area contributed by atoms with Gasteiger partial charge in [-0.2, -0.15) is 0 Å². The monoisotopic (exact) mass is 426 g/mol. The van der Waals surface area contributed by atoms with E-state index in [1.165, 1.54) is 0 Å². The minimum atomic E-state index is -3.69. The lowest BCUT2D eigenvalue weighted by molar-refractivity contribution is -0.121. The Balaban J connectivity index is 1.54. The van der Waals surface area contributed by atoms with E-state index in [0.717, 1.165) is 22.1 Å². The molecule has 2 N–H and O–H groups in total. The van der Waals surface area contributed by atoms with Gasteiger partial charge in [0.2, 0.25) is 15.9 Å². The van der Waals surface area contributed by atoms with E-state index in [4.69, 9.17) is 4.74 Å². The molecular formula is C23H26N2O4S. The fourth-order valence-electron chi connectivity index (χ4n) is 3.15. The van der Waals surface area contributed by atoms with E-state index in [0.29, 0.717) is 6.61 Å². The van der Waals surface area contributed by atoms with Crippen molar-refractivity contribution in [2.45, 2.75) is 31.2 Å². The highest BCUT2D eigenvalue weighted by molar-refractivity contribution is 7.89. The summed E-state index contributed by atoms with van der Waals surface area (Å²) < 4.78 is 33.1. The molecule has 0 aliphatic rings. The molecule has 1 atom stereocenters. The van der Waals surface area contributed by atoms with Gasteiger partial charge < -0.3 is 10.1 Å². The van der Waals surface area contributed by atoms with Gasteiger partial charge in [-0.25, -0.2) is 13.1 Å². The molecule has 3 rings (SSSR count). The van der Waals surface area contributed by atoms with Gasteiger partial charge in [-0.1, -0.05) is 42.5 Å². The lowest BCUT2D eigenvalue weighted by atomic mass is 10.1. The third kappa shape index (κ3) is 5.58. The highest BCUT2D eigenvalue weighted by atomic mass is 32.2. The number of sulfonamides is 1. The minimum Gasteiger partial charge on any atom is -0.494 e. The Bertz CT molecular complexity index is 1130. The molecule has 0 radical (unpaired) electrons. The Morgan fingerprint density at radius 1 is 1.00 bits per heavy atom. The fourth-order valence-corrected chi connectivity index (χ4v) is 4.22. The van der Waals surface area contributed by atoms with Gasteiger partial charge in [-0.3, -0.25) is 4.79 Å². The Morgan fingerprint density at radius 2 is 1.77 bits per heavy atom. The number of hydrogen-bond donors (Lipinski definition) is 2. The van der Waals surface area contributed by atoms with Crippen molar-refractivity contribution in [1.82, 2.24) is 10.0 Å². The van der Waals surface area contributed by atoms with E-state index in [9.17, 15) is 13.2 Å². The highest BCUT2D eigenvalue weighted by Crippen LogP contribution is 2.20. The van der Waals surface area contributed by atoms with Gasteiger partial charge >= 0.3 is 0 Å². The van der Waals surface area contributed by atoms with Crippen LogP contribution < -0.4 is 14.8 Å². The van der Waals surface area contributed by atoms with E-state index in [1.807, 2.05) is 62.4 Å². The van der Waals surface area contributed by atoms with Crippen LogP contribution in [-0.2, 0) is 14.8 Å². The summed E-state index contributed by atoms with van der Waals surface area (Å²) in [5, 5.41) is 4.71. The van der Waals surface area contributed by atoms with Crippen molar-refractivity contribution in [1.29, 1.82) is 0 Å². The molecule has 0 bridgehead atoms. The molecule has 0 saturated carbocycles. The quantitative estimate of drug-likeness (QED) is 0.545. The Hall–Kier alpha value is -2.90. The van der Waals surface area contributed by atoms with Crippen LogP contribution in [0.15, 0.2) is 71.6 Å². The van der Waals surface area contributed by atoms with Crippen molar-refractivity contribution in [2.24, 2.45) is 0 Å². The van der Waals surface area contributed by atoms with Crippen LogP contribution in [0.25, 0.3) is 10.8 Å². The number of rotatable bonds is 9. The third-order valence-electron chi connectivity index (χ3n) is 4.72. The predicted molar refractivity (Wildman–Crippen MR) is 118 cm³/mol. The second kappa shape index (κ2) is 9.73. The molecule has 0 spiro atoms. The van der Waals surface area contributed by atoms with Crippen LogP contribution in [0.3, 0.4) is 0 Å². The normalized spacial score (nSPS) is 12.5. The first-order valence-electron chi connectivity index (χ1n) is 9.89. The summed E-state index contributed by atoms with van der Waals surface area (Å²) in [6.45, 7) is 4.38. The summed E-state index contributed by atoms with van der Waals surface area (Å²) in [7, 11) is -3.69. The van der Waals surface area contributed by atoms with Crippen LogP contribution in [0.1, 0.15) is 31.9 Å². The highest BCUT2D eigenvalue weighted by Gasteiger charge is 2.16. The smallest absolute Gasteiger partial charge is 0.240 e. The summed E-state index contributed by atoms with van der Waals surface area (Å²) in [6, 6.07) is 19.9. The molecule has 30 heavy (non-hydrogen) atoms. The van der Waals surface area contributed by atoms with Gasteiger partial charge in [0.05, 0.1) is 17.5 Å². The molecule has 0 fully saturated rings. The average molecular weight is 427 g/mol. The van der Waals surface area contributed by atoms with E-state index < -0.39 is 10.0 Å². The number of carbonyl (C=O) groups excluding carboxylic acids is 1. The lowest BCUT2D eigenvalue weighted by Crippen LogP contribution is -2.32. The van der Waals surface area contributed by atoms with Gasteiger partial charge in [0.25, 0.3) is 0 Å². The maximum atomic E-state index is 12.5. The number of nitrogens with one attached hydrogen (secondary N) is 2. The molecule has 158 valence electrons. The van der Waals surface area contributed by atoms with Crippen molar-refractivity contribution in [2.75, 3.05) is 13.2 Å². The van der Waals surface area contributed by atoms with Crippen molar-refractivity contribution in [3.8, 4) is 5.75 Å². The molecule has 3 aromatic carbocycles. The summed E-state index contributed by atoms with van der Waals surface area (Å²) in [4.78, 5) is 12.4. The molecule has 0 aliphatic heterocycles. The standard InChI is InChI=1S/C23H26N2O4S/c1-3-29-21-10-6-9-19(15-21)17(2)25-23(26)13-14-24-30(27,28)22-12-11-18-7-4-5-8-20(18)16-22/h4-12,15-17,24H,3,13-14H2,1-2H3,(H,25,26). The Labute approximate surface area is 177 Å². The van der Waals surface area contributed by atoms with E-state index in [-0.39, 0.29) is 29.8 Å². The topological polar surface area (TPSA) is 84.5 Å². The van der Waals surface area contributed by atoms with Gasteiger partial charge in [0.1, 0.15) is 5.75 Å².